The van der Waals surface area contributed by atoms with E-state index in [1.807, 2.05) is 65.7 Å². The number of carbonyl (C=O) groups excluding carboxylic acids is 1. The van der Waals surface area contributed by atoms with Crippen molar-refractivity contribution >= 4 is 22.9 Å². The Balaban J connectivity index is 1.83. The molecule has 0 N–H and O–H groups in total. The topological polar surface area (TPSA) is 33.2 Å². The van der Waals surface area contributed by atoms with E-state index in [1.165, 1.54) is 16.9 Å². The van der Waals surface area contributed by atoms with Gasteiger partial charge in [-0.1, -0.05) is 48.5 Å². The van der Waals surface area contributed by atoms with E-state index in [4.69, 9.17) is 0 Å². The summed E-state index contributed by atoms with van der Waals surface area (Å²) in [4.78, 5) is 19.0. The average Bonchev–Trinajstić information content (AvgIpc) is 3.03. The summed E-state index contributed by atoms with van der Waals surface area (Å²) in [7, 11) is 0. The Morgan fingerprint density at radius 1 is 1.04 bits per heavy atom. The van der Waals surface area contributed by atoms with Gasteiger partial charge in [0.05, 0.1) is 5.01 Å². The summed E-state index contributed by atoms with van der Waals surface area (Å²) in [5.74, 6) is -0.0449. The van der Waals surface area contributed by atoms with E-state index in [0.29, 0.717) is 12.2 Å². The second kappa shape index (κ2) is 7.20. The number of thiazole rings is 1. The van der Waals surface area contributed by atoms with Gasteiger partial charge < -0.3 is 4.90 Å². The molecule has 1 amide bonds. The fourth-order valence-electron chi connectivity index (χ4n) is 2.44. The zero-order valence-electron chi connectivity index (χ0n) is 13.0. The Kier molecular flexibility index (Phi) is 4.83. The summed E-state index contributed by atoms with van der Waals surface area (Å²) in [6.45, 7) is 2.54. The number of aromatic nitrogens is 1. The van der Waals surface area contributed by atoms with E-state index in [1.54, 1.807) is 0 Å². The summed E-state index contributed by atoms with van der Waals surface area (Å²) >= 11 is 1.50. The maximum Gasteiger partial charge on any atom is 0.277 e. The van der Waals surface area contributed by atoms with Crippen molar-refractivity contribution in [2.45, 2.75) is 13.3 Å². The number of anilines is 1. The zero-order chi connectivity index (χ0) is 16.1. The van der Waals surface area contributed by atoms with Crippen LogP contribution in [0.4, 0.5) is 5.69 Å². The zero-order valence-corrected chi connectivity index (χ0v) is 13.8. The maximum absolute atomic E-state index is 12.8. The highest BCUT2D eigenvalue weighted by Crippen LogP contribution is 2.19. The SMILES string of the molecule is Cc1nc(C(=O)N(CCc2ccccc2)c2ccccc2)cs1. The molecule has 116 valence electrons. The molecule has 0 aliphatic heterocycles. The van der Waals surface area contributed by atoms with Crippen molar-refractivity contribution in [3.05, 3.63) is 82.3 Å². The van der Waals surface area contributed by atoms with Crippen LogP contribution in [-0.4, -0.2) is 17.4 Å². The first-order chi connectivity index (χ1) is 11.2. The Hall–Kier alpha value is -2.46. The van der Waals surface area contributed by atoms with Crippen LogP contribution in [0.5, 0.6) is 0 Å². The Morgan fingerprint density at radius 3 is 2.30 bits per heavy atom. The van der Waals surface area contributed by atoms with E-state index in [9.17, 15) is 4.79 Å². The molecule has 0 fully saturated rings. The quantitative estimate of drug-likeness (QED) is 0.700. The highest BCUT2D eigenvalue weighted by molar-refractivity contribution is 7.09. The summed E-state index contributed by atoms with van der Waals surface area (Å²) in [5, 5.41) is 2.74. The standard InChI is InChI=1S/C19H18N2OS/c1-15-20-18(14-23-15)19(22)21(17-10-6-3-7-11-17)13-12-16-8-4-2-5-9-16/h2-11,14H,12-13H2,1H3. The van der Waals surface area contributed by atoms with Gasteiger partial charge in [0.25, 0.3) is 5.91 Å². The first-order valence-corrected chi connectivity index (χ1v) is 8.45. The molecular weight excluding hydrogens is 304 g/mol. The third-order valence-corrected chi connectivity index (χ3v) is 4.39. The molecule has 23 heavy (non-hydrogen) atoms. The molecule has 0 unspecified atom stereocenters. The molecule has 1 heterocycles. The predicted octanol–water partition coefficient (Wildman–Crippen LogP) is 4.34. The molecule has 0 atom stereocenters. The lowest BCUT2D eigenvalue weighted by Crippen LogP contribution is -2.33. The van der Waals surface area contributed by atoms with Crippen LogP contribution in [0.25, 0.3) is 0 Å². The van der Waals surface area contributed by atoms with E-state index >= 15 is 0 Å². The van der Waals surface area contributed by atoms with Gasteiger partial charge in [0, 0.05) is 17.6 Å². The molecule has 0 aliphatic rings. The van der Waals surface area contributed by atoms with Crippen LogP contribution in [0.1, 0.15) is 21.1 Å². The van der Waals surface area contributed by atoms with Gasteiger partial charge >= 0.3 is 0 Å². The molecule has 4 heteroatoms. The van der Waals surface area contributed by atoms with Crippen molar-refractivity contribution in [1.29, 1.82) is 0 Å². The molecule has 3 nitrogen and oxygen atoms in total. The maximum atomic E-state index is 12.8. The second-order valence-electron chi connectivity index (χ2n) is 5.28. The van der Waals surface area contributed by atoms with Crippen LogP contribution in [-0.2, 0) is 6.42 Å². The van der Waals surface area contributed by atoms with Gasteiger partial charge in [-0.15, -0.1) is 11.3 Å². The lowest BCUT2D eigenvalue weighted by molar-refractivity contribution is 0.0983. The van der Waals surface area contributed by atoms with Gasteiger partial charge in [0.2, 0.25) is 0 Å². The Labute approximate surface area is 140 Å². The van der Waals surface area contributed by atoms with Gasteiger partial charge in [-0.05, 0) is 31.0 Å². The van der Waals surface area contributed by atoms with Crippen LogP contribution in [0.15, 0.2) is 66.0 Å². The number of hydrogen-bond donors (Lipinski definition) is 0. The smallest absolute Gasteiger partial charge is 0.277 e. The Bertz CT molecular complexity index is 768. The Morgan fingerprint density at radius 2 is 1.70 bits per heavy atom. The van der Waals surface area contributed by atoms with Gasteiger partial charge in [0.1, 0.15) is 5.69 Å². The van der Waals surface area contributed by atoms with Crippen LogP contribution in [0, 0.1) is 6.92 Å². The molecule has 0 aliphatic carbocycles. The average molecular weight is 322 g/mol. The van der Waals surface area contributed by atoms with E-state index < -0.39 is 0 Å². The number of amides is 1. The number of para-hydroxylation sites is 1. The third kappa shape index (κ3) is 3.85. The van der Waals surface area contributed by atoms with Crippen LogP contribution in [0.3, 0.4) is 0 Å². The van der Waals surface area contributed by atoms with Crippen molar-refractivity contribution < 1.29 is 4.79 Å². The molecule has 3 aromatic rings. The first kappa shape index (κ1) is 15.4. The molecule has 0 saturated heterocycles. The van der Waals surface area contributed by atoms with Gasteiger partial charge in [-0.3, -0.25) is 4.79 Å². The van der Waals surface area contributed by atoms with Crippen molar-refractivity contribution in [2.24, 2.45) is 0 Å². The second-order valence-corrected chi connectivity index (χ2v) is 6.34. The summed E-state index contributed by atoms with van der Waals surface area (Å²) in [6, 6.07) is 20.0. The molecule has 0 saturated carbocycles. The summed E-state index contributed by atoms with van der Waals surface area (Å²) < 4.78 is 0. The lowest BCUT2D eigenvalue weighted by atomic mass is 10.1. The van der Waals surface area contributed by atoms with Gasteiger partial charge in [-0.2, -0.15) is 0 Å². The fraction of sp³-hybridized carbons (Fsp3) is 0.158. The third-order valence-electron chi connectivity index (χ3n) is 3.62. The van der Waals surface area contributed by atoms with E-state index in [-0.39, 0.29) is 5.91 Å². The number of nitrogens with zero attached hydrogens (tertiary/aromatic N) is 2. The van der Waals surface area contributed by atoms with Gasteiger partial charge in [-0.25, -0.2) is 4.98 Å². The largest absolute Gasteiger partial charge is 0.307 e. The van der Waals surface area contributed by atoms with Crippen molar-refractivity contribution in [1.82, 2.24) is 4.98 Å². The number of aryl methyl sites for hydroxylation is 1. The minimum Gasteiger partial charge on any atom is -0.307 e. The van der Waals surface area contributed by atoms with E-state index in [0.717, 1.165) is 17.1 Å². The molecular formula is C19H18N2OS. The minimum atomic E-state index is -0.0449. The predicted molar refractivity (Wildman–Crippen MR) is 95.1 cm³/mol. The lowest BCUT2D eigenvalue weighted by Gasteiger charge is -2.22. The fourth-order valence-corrected chi connectivity index (χ4v) is 3.03. The van der Waals surface area contributed by atoms with Gasteiger partial charge in [0.15, 0.2) is 0 Å². The molecule has 3 rings (SSSR count). The monoisotopic (exact) mass is 322 g/mol. The van der Waals surface area contributed by atoms with Crippen LogP contribution < -0.4 is 4.90 Å². The van der Waals surface area contributed by atoms with Crippen molar-refractivity contribution in [3.8, 4) is 0 Å². The van der Waals surface area contributed by atoms with E-state index in [2.05, 4.69) is 17.1 Å². The summed E-state index contributed by atoms with van der Waals surface area (Å²) in [5.41, 5.74) is 2.64. The first-order valence-electron chi connectivity index (χ1n) is 7.57. The number of benzene rings is 2. The van der Waals surface area contributed by atoms with Crippen LogP contribution in [0.2, 0.25) is 0 Å². The minimum absolute atomic E-state index is 0.0449. The van der Waals surface area contributed by atoms with Crippen molar-refractivity contribution in [3.63, 3.8) is 0 Å². The molecule has 0 radical (unpaired) electrons. The highest BCUT2D eigenvalue weighted by atomic mass is 32.1. The van der Waals surface area contributed by atoms with Crippen molar-refractivity contribution in [2.75, 3.05) is 11.4 Å². The normalized spacial score (nSPS) is 10.5. The van der Waals surface area contributed by atoms with Crippen LogP contribution >= 0.6 is 11.3 Å². The number of carbonyl (C=O) groups is 1. The number of rotatable bonds is 5. The highest BCUT2D eigenvalue weighted by Gasteiger charge is 2.19. The molecule has 0 bridgehead atoms. The molecule has 0 spiro atoms. The summed E-state index contributed by atoms with van der Waals surface area (Å²) in [6.07, 6.45) is 0.810. The molecule has 1 aromatic heterocycles. The number of hydrogen-bond acceptors (Lipinski definition) is 3. The molecule has 2 aromatic carbocycles.